The molecule has 4 nitrogen and oxygen atoms in total. The summed E-state index contributed by atoms with van der Waals surface area (Å²) < 4.78 is 0. The minimum Gasteiger partial charge on any atom is -0.464 e. The van der Waals surface area contributed by atoms with Gasteiger partial charge in [0.1, 0.15) is 0 Å². The normalized spacial score (nSPS) is 11.8. The summed E-state index contributed by atoms with van der Waals surface area (Å²) in [5.74, 6) is 0. The van der Waals surface area contributed by atoms with Crippen molar-refractivity contribution in [3.63, 3.8) is 0 Å². The van der Waals surface area contributed by atoms with Crippen molar-refractivity contribution in [1.82, 2.24) is 10.0 Å². The monoisotopic (exact) mass is 160 g/mol. The summed E-state index contributed by atoms with van der Waals surface area (Å²) in [5.41, 5.74) is -0.380. The van der Waals surface area contributed by atoms with Gasteiger partial charge in [-0.25, -0.2) is 14.8 Å². The van der Waals surface area contributed by atoms with Crippen LogP contribution in [-0.4, -0.2) is 40.9 Å². The highest BCUT2D eigenvalue weighted by molar-refractivity contribution is 5.65. The summed E-state index contributed by atoms with van der Waals surface area (Å²) in [7, 11) is 3.42. The van der Waals surface area contributed by atoms with Gasteiger partial charge in [-0.1, -0.05) is 0 Å². The van der Waals surface area contributed by atoms with E-state index in [1.165, 1.54) is 5.01 Å². The standard InChI is InChI=1S/C7H16N2O2/c1-7(2,3)9(6(10)11)8(4)5/h1-5H3,(H,10,11). The molecule has 1 N–H and O–H groups in total. The van der Waals surface area contributed by atoms with Crippen LogP contribution < -0.4 is 0 Å². The third kappa shape index (κ3) is 2.76. The number of nitrogens with zero attached hydrogens (tertiary/aromatic N) is 2. The molecule has 0 fully saturated rings. The Morgan fingerprint density at radius 1 is 1.27 bits per heavy atom. The highest BCUT2D eigenvalue weighted by Gasteiger charge is 2.27. The van der Waals surface area contributed by atoms with Crippen LogP contribution in [0.1, 0.15) is 20.8 Å². The van der Waals surface area contributed by atoms with Crippen LogP contribution in [-0.2, 0) is 0 Å². The molecule has 11 heavy (non-hydrogen) atoms. The molecular formula is C7H16N2O2. The molecule has 0 atom stereocenters. The van der Waals surface area contributed by atoms with Crippen molar-refractivity contribution in [3.8, 4) is 0 Å². The van der Waals surface area contributed by atoms with Crippen molar-refractivity contribution in [2.45, 2.75) is 26.3 Å². The molecule has 0 spiro atoms. The molecule has 0 saturated heterocycles. The third-order valence-corrected chi connectivity index (χ3v) is 1.22. The first-order valence-electron chi connectivity index (χ1n) is 3.47. The number of carbonyl (C=O) groups is 1. The lowest BCUT2D eigenvalue weighted by molar-refractivity contribution is -0.0309. The van der Waals surface area contributed by atoms with Crippen molar-refractivity contribution in [2.24, 2.45) is 0 Å². The predicted molar refractivity (Wildman–Crippen MR) is 43.3 cm³/mol. The van der Waals surface area contributed by atoms with Crippen LogP contribution in [0.4, 0.5) is 4.79 Å². The van der Waals surface area contributed by atoms with Gasteiger partial charge < -0.3 is 5.11 Å². The Hall–Kier alpha value is -0.770. The van der Waals surface area contributed by atoms with Gasteiger partial charge in [0.15, 0.2) is 0 Å². The topological polar surface area (TPSA) is 43.8 Å². The van der Waals surface area contributed by atoms with E-state index in [1.54, 1.807) is 19.1 Å². The zero-order valence-corrected chi connectivity index (χ0v) is 7.75. The first-order chi connectivity index (χ1) is 4.76. The molecule has 0 bridgehead atoms. The second kappa shape index (κ2) is 3.09. The Balaban J connectivity index is 4.49. The van der Waals surface area contributed by atoms with E-state index in [0.717, 1.165) is 0 Å². The highest BCUT2D eigenvalue weighted by atomic mass is 16.4. The van der Waals surface area contributed by atoms with Crippen LogP contribution in [0.25, 0.3) is 0 Å². The largest absolute Gasteiger partial charge is 0.464 e. The average molecular weight is 160 g/mol. The fourth-order valence-electron chi connectivity index (χ4n) is 1.06. The number of hydrogen-bond donors (Lipinski definition) is 1. The van der Waals surface area contributed by atoms with Gasteiger partial charge in [-0.15, -0.1) is 0 Å². The maximum Gasteiger partial charge on any atom is 0.422 e. The van der Waals surface area contributed by atoms with Crippen LogP contribution in [0.2, 0.25) is 0 Å². The fraction of sp³-hybridized carbons (Fsp3) is 0.857. The maximum absolute atomic E-state index is 10.7. The van der Waals surface area contributed by atoms with Gasteiger partial charge in [0, 0.05) is 14.1 Å². The van der Waals surface area contributed by atoms with E-state index >= 15 is 0 Å². The molecule has 0 radical (unpaired) electrons. The zero-order chi connectivity index (χ0) is 9.23. The molecule has 0 aliphatic rings. The molecule has 0 unspecified atom stereocenters. The minimum absolute atomic E-state index is 0.380. The Morgan fingerprint density at radius 2 is 1.64 bits per heavy atom. The fourth-order valence-corrected chi connectivity index (χ4v) is 1.06. The first kappa shape index (κ1) is 10.2. The van der Waals surface area contributed by atoms with Crippen LogP contribution in [0.15, 0.2) is 0 Å². The number of hydrogen-bond acceptors (Lipinski definition) is 2. The Labute approximate surface area is 67.4 Å². The van der Waals surface area contributed by atoms with E-state index < -0.39 is 6.09 Å². The van der Waals surface area contributed by atoms with Crippen LogP contribution >= 0.6 is 0 Å². The van der Waals surface area contributed by atoms with Gasteiger partial charge in [-0.2, -0.15) is 0 Å². The smallest absolute Gasteiger partial charge is 0.422 e. The van der Waals surface area contributed by atoms with Crippen LogP contribution in [0, 0.1) is 0 Å². The molecule has 0 aromatic rings. The summed E-state index contributed by atoms with van der Waals surface area (Å²) >= 11 is 0. The quantitative estimate of drug-likeness (QED) is 0.587. The zero-order valence-electron chi connectivity index (χ0n) is 7.75. The van der Waals surface area contributed by atoms with Crippen molar-refractivity contribution < 1.29 is 9.90 Å². The van der Waals surface area contributed by atoms with E-state index in [4.69, 9.17) is 5.11 Å². The van der Waals surface area contributed by atoms with Gasteiger partial charge in [0.2, 0.25) is 0 Å². The lowest BCUT2D eigenvalue weighted by atomic mass is 10.1. The van der Waals surface area contributed by atoms with Crippen molar-refractivity contribution >= 4 is 6.09 Å². The third-order valence-electron chi connectivity index (χ3n) is 1.22. The number of carboxylic acid groups (broad SMARTS) is 1. The molecular weight excluding hydrogens is 144 g/mol. The number of hydrazine groups is 1. The molecule has 1 amide bonds. The van der Waals surface area contributed by atoms with E-state index in [9.17, 15) is 4.79 Å². The Bertz CT molecular complexity index is 149. The minimum atomic E-state index is -0.928. The van der Waals surface area contributed by atoms with E-state index in [1.807, 2.05) is 20.8 Å². The lowest BCUT2D eigenvalue weighted by Gasteiger charge is -2.37. The Kier molecular flexibility index (Phi) is 2.87. The molecule has 0 rings (SSSR count). The molecule has 0 aromatic heterocycles. The van der Waals surface area contributed by atoms with Crippen molar-refractivity contribution in [2.75, 3.05) is 14.1 Å². The van der Waals surface area contributed by atoms with E-state index in [2.05, 4.69) is 0 Å². The van der Waals surface area contributed by atoms with Gasteiger partial charge in [0.25, 0.3) is 0 Å². The second-order valence-electron chi connectivity index (χ2n) is 3.61. The molecule has 4 heteroatoms. The van der Waals surface area contributed by atoms with Crippen molar-refractivity contribution in [3.05, 3.63) is 0 Å². The molecule has 0 aromatic carbocycles. The summed E-state index contributed by atoms with van der Waals surface area (Å²) in [6, 6.07) is 0. The average Bonchev–Trinajstić information content (AvgIpc) is 1.54. The second-order valence-corrected chi connectivity index (χ2v) is 3.61. The highest BCUT2D eigenvalue weighted by Crippen LogP contribution is 2.13. The SMILES string of the molecule is CN(C)N(C(=O)O)C(C)(C)C. The number of amides is 1. The van der Waals surface area contributed by atoms with Crippen LogP contribution in [0.3, 0.4) is 0 Å². The number of rotatable bonds is 1. The Morgan fingerprint density at radius 3 is 1.64 bits per heavy atom. The molecule has 66 valence electrons. The summed E-state index contributed by atoms with van der Waals surface area (Å²) in [6.45, 7) is 5.54. The van der Waals surface area contributed by atoms with E-state index in [-0.39, 0.29) is 5.54 Å². The van der Waals surface area contributed by atoms with Gasteiger partial charge in [-0.05, 0) is 20.8 Å². The molecule has 0 aliphatic carbocycles. The predicted octanol–water partition coefficient (Wildman–Crippen LogP) is 1.24. The molecule has 0 heterocycles. The lowest BCUT2D eigenvalue weighted by Crippen LogP contribution is -2.52. The molecule has 0 saturated carbocycles. The van der Waals surface area contributed by atoms with Gasteiger partial charge in [-0.3, -0.25) is 0 Å². The first-order valence-corrected chi connectivity index (χ1v) is 3.47. The van der Waals surface area contributed by atoms with Crippen molar-refractivity contribution in [1.29, 1.82) is 0 Å². The van der Waals surface area contributed by atoms with Crippen LogP contribution in [0.5, 0.6) is 0 Å². The summed E-state index contributed by atoms with van der Waals surface area (Å²) in [4.78, 5) is 10.7. The maximum atomic E-state index is 10.7. The van der Waals surface area contributed by atoms with E-state index in [0.29, 0.717) is 0 Å². The van der Waals surface area contributed by atoms with Gasteiger partial charge >= 0.3 is 6.09 Å². The summed E-state index contributed by atoms with van der Waals surface area (Å²) in [6.07, 6.45) is -0.928. The summed E-state index contributed by atoms with van der Waals surface area (Å²) in [5, 5.41) is 11.6. The molecule has 0 aliphatic heterocycles. The van der Waals surface area contributed by atoms with Gasteiger partial charge in [0.05, 0.1) is 5.54 Å².